The third-order valence-corrected chi connectivity index (χ3v) is 3.61. The lowest BCUT2D eigenvalue weighted by atomic mass is 9.66. The first-order chi connectivity index (χ1) is 7.95. The van der Waals surface area contributed by atoms with E-state index in [1.165, 1.54) is 12.1 Å². The summed E-state index contributed by atoms with van der Waals surface area (Å²) in [7, 11) is 0. The van der Waals surface area contributed by atoms with Crippen LogP contribution in [0.3, 0.4) is 0 Å². The molecule has 0 aliphatic heterocycles. The molecule has 0 spiro atoms. The molecule has 1 nitrogen and oxygen atoms in total. The largest absolute Gasteiger partial charge is 0.416 e. The van der Waals surface area contributed by atoms with E-state index in [1.807, 2.05) is 0 Å². The van der Waals surface area contributed by atoms with E-state index >= 15 is 0 Å². The van der Waals surface area contributed by atoms with Crippen LogP contribution in [0.4, 0.5) is 13.2 Å². The lowest BCUT2D eigenvalue weighted by Gasteiger charge is -2.40. The average Bonchev–Trinajstić information content (AvgIpc) is 2.23. The van der Waals surface area contributed by atoms with Crippen LogP contribution >= 0.6 is 0 Å². The van der Waals surface area contributed by atoms with Crippen molar-refractivity contribution in [3.63, 3.8) is 0 Å². The summed E-state index contributed by atoms with van der Waals surface area (Å²) in [4.78, 5) is 0. The van der Waals surface area contributed by atoms with E-state index in [0.29, 0.717) is 6.42 Å². The van der Waals surface area contributed by atoms with Gasteiger partial charge in [-0.15, -0.1) is 0 Å². The van der Waals surface area contributed by atoms with Crippen LogP contribution in [0, 0.1) is 5.41 Å². The number of aliphatic hydroxyl groups is 1. The first-order valence-electron chi connectivity index (χ1n) is 5.72. The normalized spacial score (nSPS) is 18.8. The molecule has 1 N–H and O–H groups in total. The van der Waals surface area contributed by atoms with Gasteiger partial charge in [-0.05, 0) is 42.4 Å². The Morgan fingerprint density at radius 1 is 1.12 bits per heavy atom. The topological polar surface area (TPSA) is 20.2 Å². The van der Waals surface area contributed by atoms with E-state index in [2.05, 4.69) is 0 Å². The van der Waals surface area contributed by atoms with Gasteiger partial charge in [-0.3, -0.25) is 0 Å². The van der Waals surface area contributed by atoms with Crippen LogP contribution in [-0.4, -0.2) is 11.7 Å². The lowest BCUT2D eigenvalue weighted by molar-refractivity contribution is -0.137. The summed E-state index contributed by atoms with van der Waals surface area (Å²) in [6.07, 6.45) is -0.582. The number of alkyl halides is 3. The van der Waals surface area contributed by atoms with Crippen LogP contribution in [-0.2, 0) is 12.6 Å². The van der Waals surface area contributed by atoms with Gasteiger partial charge in [0.05, 0.1) is 5.56 Å². The Bertz CT molecular complexity index is 371. The standard InChI is InChI=1S/C13H15F3O/c14-13(15,16)11-4-2-10(3-5-11)8-12(9-17)6-1-7-12/h2-5,17H,1,6-9H2. The molecule has 1 aliphatic rings. The minimum absolute atomic E-state index is 0.0836. The Balaban J connectivity index is 2.08. The van der Waals surface area contributed by atoms with Gasteiger partial charge in [0.1, 0.15) is 0 Å². The van der Waals surface area contributed by atoms with Crippen LogP contribution in [0.15, 0.2) is 24.3 Å². The summed E-state index contributed by atoms with van der Waals surface area (Å²) in [5.41, 5.74) is 0.166. The van der Waals surface area contributed by atoms with Crippen LogP contribution in [0.2, 0.25) is 0 Å². The molecule has 17 heavy (non-hydrogen) atoms. The molecule has 1 fully saturated rings. The van der Waals surface area contributed by atoms with Crippen molar-refractivity contribution in [3.05, 3.63) is 35.4 Å². The molecule has 1 aromatic rings. The van der Waals surface area contributed by atoms with Gasteiger partial charge in [0.2, 0.25) is 0 Å². The minimum Gasteiger partial charge on any atom is -0.396 e. The highest BCUT2D eigenvalue weighted by Crippen LogP contribution is 2.43. The second-order valence-electron chi connectivity index (χ2n) is 4.88. The van der Waals surface area contributed by atoms with E-state index in [0.717, 1.165) is 37.0 Å². The summed E-state index contributed by atoms with van der Waals surface area (Å²) in [5.74, 6) is 0. The quantitative estimate of drug-likeness (QED) is 0.863. The number of aliphatic hydroxyl groups excluding tert-OH is 1. The van der Waals surface area contributed by atoms with Crippen molar-refractivity contribution in [2.24, 2.45) is 5.41 Å². The fourth-order valence-corrected chi connectivity index (χ4v) is 2.31. The van der Waals surface area contributed by atoms with Crippen molar-refractivity contribution in [3.8, 4) is 0 Å². The maximum absolute atomic E-state index is 12.4. The number of hydrogen-bond acceptors (Lipinski definition) is 1. The molecule has 0 unspecified atom stereocenters. The minimum atomic E-state index is -4.27. The van der Waals surface area contributed by atoms with Crippen LogP contribution in [0.1, 0.15) is 30.4 Å². The van der Waals surface area contributed by atoms with Gasteiger partial charge in [0.15, 0.2) is 0 Å². The average molecular weight is 244 g/mol. The van der Waals surface area contributed by atoms with Gasteiger partial charge >= 0.3 is 6.18 Å². The zero-order valence-corrected chi connectivity index (χ0v) is 9.43. The fourth-order valence-electron chi connectivity index (χ4n) is 2.31. The maximum Gasteiger partial charge on any atom is 0.416 e. The van der Waals surface area contributed by atoms with Crippen LogP contribution < -0.4 is 0 Å². The summed E-state index contributed by atoms with van der Waals surface area (Å²) in [6.45, 7) is 0.119. The third kappa shape index (κ3) is 2.63. The third-order valence-electron chi connectivity index (χ3n) is 3.61. The summed E-state index contributed by atoms with van der Waals surface area (Å²) < 4.78 is 37.1. The van der Waals surface area contributed by atoms with Crippen molar-refractivity contribution >= 4 is 0 Å². The smallest absolute Gasteiger partial charge is 0.396 e. The van der Waals surface area contributed by atoms with E-state index in [9.17, 15) is 18.3 Å². The van der Waals surface area contributed by atoms with Gasteiger partial charge in [-0.25, -0.2) is 0 Å². The van der Waals surface area contributed by atoms with E-state index in [1.54, 1.807) is 0 Å². The first kappa shape index (κ1) is 12.4. The van der Waals surface area contributed by atoms with Gasteiger partial charge in [-0.1, -0.05) is 18.6 Å². The summed E-state index contributed by atoms with van der Waals surface area (Å²) in [6, 6.07) is 5.25. The zero-order chi connectivity index (χ0) is 12.5. The summed E-state index contributed by atoms with van der Waals surface area (Å²) >= 11 is 0. The van der Waals surface area contributed by atoms with Gasteiger partial charge in [-0.2, -0.15) is 13.2 Å². The SMILES string of the molecule is OCC1(Cc2ccc(C(F)(F)F)cc2)CCC1. The Labute approximate surface area is 98.3 Å². The van der Waals surface area contributed by atoms with Crippen molar-refractivity contribution in [2.45, 2.75) is 31.9 Å². The zero-order valence-electron chi connectivity index (χ0n) is 9.43. The molecule has 0 radical (unpaired) electrons. The molecule has 0 amide bonds. The van der Waals surface area contributed by atoms with Crippen molar-refractivity contribution < 1.29 is 18.3 Å². The molecule has 1 saturated carbocycles. The molecule has 0 saturated heterocycles. The number of rotatable bonds is 3. The number of hydrogen-bond donors (Lipinski definition) is 1. The fraction of sp³-hybridized carbons (Fsp3) is 0.538. The molecular formula is C13H15F3O. The predicted molar refractivity (Wildman–Crippen MR) is 58.5 cm³/mol. The molecule has 1 aliphatic carbocycles. The molecule has 0 atom stereocenters. The van der Waals surface area contributed by atoms with E-state index in [-0.39, 0.29) is 12.0 Å². The highest BCUT2D eigenvalue weighted by molar-refractivity contribution is 5.25. The van der Waals surface area contributed by atoms with Crippen molar-refractivity contribution in [1.29, 1.82) is 0 Å². The van der Waals surface area contributed by atoms with Gasteiger partial charge < -0.3 is 5.11 Å². The molecular weight excluding hydrogens is 229 g/mol. The van der Waals surface area contributed by atoms with Gasteiger partial charge in [0.25, 0.3) is 0 Å². The van der Waals surface area contributed by atoms with Crippen molar-refractivity contribution in [1.82, 2.24) is 0 Å². The second-order valence-corrected chi connectivity index (χ2v) is 4.88. The second kappa shape index (κ2) is 4.33. The van der Waals surface area contributed by atoms with E-state index < -0.39 is 11.7 Å². The molecule has 0 bridgehead atoms. The molecule has 94 valence electrons. The monoisotopic (exact) mass is 244 g/mol. The molecule has 0 aromatic heterocycles. The maximum atomic E-state index is 12.4. The lowest BCUT2D eigenvalue weighted by Crippen LogP contribution is -2.35. The predicted octanol–water partition coefficient (Wildman–Crippen LogP) is 3.41. The molecule has 1 aromatic carbocycles. The Morgan fingerprint density at radius 2 is 1.71 bits per heavy atom. The number of benzene rings is 1. The highest BCUT2D eigenvalue weighted by atomic mass is 19.4. The molecule has 4 heteroatoms. The highest BCUT2D eigenvalue weighted by Gasteiger charge is 2.36. The Morgan fingerprint density at radius 3 is 2.06 bits per heavy atom. The van der Waals surface area contributed by atoms with Crippen molar-refractivity contribution in [2.75, 3.05) is 6.61 Å². The first-order valence-corrected chi connectivity index (χ1v) is 5.72. The molecule has 0 heterocycles. The van der Waals surface area contributed by atoms with Crippen LogP contribution in [0.25, 0.3) is 0 Å². The molecule has 2 rings (SSSR count). The number of halogens is 3. The summed E-state index contributed by atoms with van der Waals surface area (Å²) in [5, 5.41) is 9.30. The Hall–Kier alpha value is -1.03. The van der Waals surface area contributed by atoms with Crippen LogP contribution in [0.5, 0.6) is 0 Å². The van der Waals surface area contributed by atoms with Gasteiger partial charge in [0, 0.05) is 6.61 Å². The Kier molecular flexibility index (Phi) is 3.17. The van der Waals surface area contributed by atoms with E-state index in [4.69, 9.17) is 0 Å².